The molecule has 0 bridgehead atoms. The lowest BCUT2D eigenvalue weighted by molar-refractivity contribution is -0.139. The maximum absolute atomic E-state index is 12.9. The average Bonchev–Trinajstić information content (AvgIpc) is 3.21. The largest absolute Gasteiger partial charge is 0.480 e. The molecular formula is C24H24ClN5O6. The van der Waals surface area contributed by atoms with Crippen molar-refractivity contribution in [3.8, 4) is 0 Å². The van der Waals surface area contributed by atoms with Crippen LogP contribution >= 0.6 is 11.6 Å². The van der Waals surface area contributed by atoms with Gasteiger partial charge >= 0.3 is 23.8 Å². The molecule has 2 aromatic carbocycles. The SMILES string of the molecule is O=C(O)[C@@H](Cc1cc2oc(=O)[nH]c2cc1Cl)NC(=O)N1CCC(N2Cc3ccccc3NC2=O)CC1. The molecule has 36 heavy (non-hydrogen) atoms. The number of urea groups is 2. The number of carboxylic acids is 1. The number of fused-ring (bicyclic) bond motifs is 2. The number of nitrogens with one attached hydrogen (secondary N) is 3. The lowest BCUT2D eigenvalue weighted by Gasteiger charge is -2.40. The van der Waals surface area contributed by atoms with Crippen molar-refractivity contribution in [2.24, 2.45) is 0 Å². The number of halogens is 1. The fourth-order valence-electron chi connectivity index (χ4n) is 4.73. The van der Waals surface area contributed by atoms with Gasteiger partial charge in [-0.1, -0.05) is 29.8 Å². The van der Waals surface area contributed by atoms with E-state index in [2.05, 4.69) is 15.6 Å². The number of carboxylic acid groups (broad SMARTS) is 1. The van der Waals surface area contributed by atoms with E-state index in [0.717, 1.165) is 11.3 Å². The third-order valence-electron chi connectivity index (χ3n) is 6.66. The summed E-state index contributed by atoms with van der Waals surface area (Å²) in [5.74, 6) is -1.86. The Hall–Kier alpha value is -3.99. The molecule has 1 atom stereocenters. The zero-order chi connectivity index (χ0) is 25.4. The van der Waals surface area contributed by atoms with Gasteiger partial charge in [0.25, 0.3) is 0 Å². The lowest BCUT2D eigenvalue weighted by atomic mass is 10.0. The molecule has 11 nitrogen and oxygen atoms in total. The number of rotatable bonds is 5. The summed E-state index contributed by atoms with van der Waals surface area (Å²) in [6.07, 6.45) is 1.07. The number of amides is 4. The summed E-state index contributed by atoms with van der Waals surface area (Å²) in [6.45, 7) is 1.28. The van der Waals surface area contributed by atoms with Crippen molar-refractivity contribution in [1.29, 1.82) is 0 Å². The Morgan fingerprint density at radius 2 is 1.94 bits per heavy atom. The summed E-state index contributed by atoms with van der Waals surface area (Å²) in [6, 6.07) is 8.71. The quantitative estimate of drug-likeness (QED) is 0.412. The molecule has 2 aliphatic rings. The van der Waals surface area contributed by atoms with Gasteiger partial charge in [0.2, 0.25) is 0 Å². The Morgan fingerprint density at radius 1 is 1.19 bits per heavy atom. The molecule has 5 rings (SSSR count). The maximum Gasteiger partial charge on any atom is 0.417 e. The molecule has 4 amide bonds. The van der Waals surface area contributed by atoms with Gasteiger partial charge in [0, 0.05) is 42.8 Å². The van der Waals surface area contributed by atoms with Crippen LogP contribution in [0.5, 0.6) is 0 Å². The fraction of sp³-hybridized carbons (Fsp3) is 0.333. The number of aliphatic carboxylic acids is 1. The molecule has 3 heterocycles. The van der Waals surface area contributed by atoms with Gasteiger partial charge in [-0.05, 0) is 42.2 Å². The number of hydrogen-bond acceptors (Lipinski definition) is 5. The topological polar surface area (TPSA) is 148 Å². The van der Waals surface area contributed by atoms with Crippen molar-refractivity contribution in [3.63, 3.8) is 0 Å². The summed E-state index contributed by atoms with van der Waals surface area (Å²) >= 11 is 6.26. The number of H-pyrrole nitrogens is 1. The maximum atomic E-state index is 12.9. The standard InChI is InChI=1S/C24H24ClN5O6/c25-16-11-18-20(36-24(35)28-18)10-14(16)9-19(21(31)32)27-22(33)29-7-5-15(6-8-29)30-12-13-3-1-2-4-17(13)26-23(30)34/h1-4,10-11,15,19H,5-9,12H2,(H,26,34)(H,27,33)(H,28,35)(H,31,32)/t19-/m1/s1. The van der Waals surface area contributed by atoms with Gasteiger partial charge in [0.1, 0.15) is 6.04 Å². The van der Waals surface area contributed by atoms with E-state index in [0.29, 0.717) is 43.6 Å². The Labute approximate surface area is 210 Å². The summed E-state index contributed by atoms with van der Waals surface area (Å²) in [7, 11) is 0. The number of piperidine rings is 1. The zero-order valence-corrected chi connectivity index (χ0v) is 19.9. The van der Waals surface area contributed by atoms with Gasteiger partial charge in [-0.2, -0.15) is 0 Å². The summed E-state index contributed by atoms with van der Waals surface area (Å²) < 4.78 is 5.02. The smallest absolute Gasteiger partial charge is 0.417 e. The van der Waals surface area contributed by atoms with Gasteiger partial charge in [-0.15, -0.1) is 0 Å². The predicted molar refractivity (Wildman–Crippen MR) is 131 cm³/mol. The lowest BCUT2D eigenvalue weighted by Crippen LogP contribution is -2.54. The van der Waals surface area contributed by atoms with Crippen LogP contribution < -0.4 is 16.4 Å². The number of likely N-dealkylation sites (tertiary alicyclic amines) is 1. The normalized spacial score (nSPS) is 17.0. The minimum Gasteiger partial charge on any atom is -0.480 e. The number of anilines is 1. The summed E-state index contributed by atoms with van der Waals surface area (Å²) in [5, 5.41) is 15.4. The van der Waals surface area contributed by atoms with Crippen molar-refractivity contribution in [1.82, 2.24) is 20.1 Å². The number of nitrogens with zero attached hydrogens (tertiary/aromatic N) is 2. The van der Waals surface area contributed by atoms with E-state index in [9.17, 15) is 24.3 Å². The second kappa shape index (κ2) is 9.57. The number of oxazole rings is 1. The highest BCUT2D eigenvalue weighted by molar-refractivity contribution is 6.32. The van der Waals surface area contributed by atoms with Crippen molar-refractivity contribution in [3.05, 3.63) is 63.1 Å². The van der Waals surface area contributed by atoms with Crippen LogP contribution in [0, 0.1) is 0 Å². The van der Waals surface area contributed by atoms with E-state index in [1.165, 1.54) is 12.1 Å². The number of aromatic nitrogens is 1. The number of benzene rings is 2. The van der Waals surface area contributed by atoms with Crippen LogP contribution in [0.4, 0.5) is 15.3 Å². The highest BCUT2D eigenvalue weighted by Crippen LogP contribution is 2.28. The molecule has 0 radical (unpaired) electrons. The van der Waals surface area contributed by atoms with Crippen LogP contribution in [-0.2, 0) is 17.8 Å². The average molecular weight is 514 g/mol. The van der Waals surface area contributed by atoms with E-state index in [4.69, 9.17) is 16.0 Å². The van der Waals surface area contributed by atoms with Crippen LogP contribution in [0.2, 0.25) is 5.02 Å². The minimum absolute atomic E-state index is 0.0285. The molecule has 1 saturated heterocycles. The van der Waals surface area contributed by atoms with Crippen LogP contribution in [0.3, 0.4) is 0 Å². The van der Waals surface area contributed by atoms with Crippen molar-refractivity contribution < 1.29 is 23.9 Å². The number of carbonyl (C=O) groups is 3. The van der Waals surface area contributed by atoms with Crippen molar-refractivity contribution >= 4 is 46.4 Å². The molecule has 0 aliphatic carbocycles. The van der Waals surface area contributed by atoms with Crippen LogP contribution in [0.25, 0.3) is 11.1 Å². The third kappa shape index (κ3) is 4.74. The summed E-state index contributed by atoms with van der Waals surface area (Å²) in [5.41, 5.74) is 2.93. The Kier molecular flexibility index (Phi) is 6.31. The third-order valence-corrected chi connectivity index (χ3v) is 7.01. The second-order valence-electron chi connectivity index (χ2n) is 8.93. The summed E-state index contributed by atoms with van der Waals surface area (Å²) in [4.78, 5) is 54.6. The zero-order valence-electron chi connectivity index (χ0n) is 19.1. The highest BCUT2D eigenvalue weighted by Gasteiger charge is 2.33. The van der Waals surface area contributed by atoms with E-state index in [1.54, 1.807) is 9.80 Å². The highest BCUT2D eigenvalue weighted by atomic mass is 35.5. The van der Waals surface area contributed by atoms with Crippen molar-refractivity contribution in [2.75, 3.05) is 18.4 Å². The number of aromatic amines is 1. The molecule has 0 unspecified atom stereocenters. The van der Waals surface area contributed by atoms with Crippen LogP contribution in [0.15, 0.2) is 45.6 Å². The molecule has 0 spiro atoms. The molecule has 12 heteroatoms. The molecule has 188 valence electrons. The molecule has 4 N–H and O–H groups in total. The van der Waals surface area contributed by atoms with E-state index >= 15 is 0 Å². The molecule has 1 fully saturated rings. The van der Waals surface area contributed by atoms with Gasteiger partial charge < -0.3 is 30.0 Å². The molecule has 2 aliphatic heterocycles. The Bertz CT molecular complexity index is 1390. The second-order valence-corrected chi connectivity index (χ2v) is 9.34. The minimum atomic E-state index is -1.24. The van der Waals surface area contributed by atoms with Crippen molar-refractivity contribution in [2.45, 2.75) is 37.9 Å². The number of hydrogen-bond donors (Lipinski definition) is 4. The van der Waals surface area contributed by atoms with Gasteiger partial charge in [0.15, 0.2) is 5.58 Å². The van der Waals surface area contributed by atoms with E-state index in [-0.39, 0.29) is 29.1 Å². The Morgan fingerprint density at radius 3 is 2.69 bits per heavy atom. The monoisotopic (exact) mass is 513 g/mol. The van der Waals surface area contributed by atoms with Gasteiger partial charge in [-0.3, -0.25) is 4.98 Å². The predicted octanol–water partition coefficient (Wildman–Crippen LogP) is 2.99. The van der Waals surface area contributed by atoms with Gasteiger partial charge in [-0.25, -0.2) is 19.2 Å². The number of carbonyl (C=O) groups excluding carboxylic acids is 2. The Balaban J connectivity index is 1.20. The molecule has 3 aromatic rings. The first-order valence-corrected chi connectivity index (χ1v) is 11.9. The van der Waals surface area contributed by atoms with E-state index < -0.39 is 23.8 Å². The molecular weight excluding hydrogens is 490 g/mol. The number of para-hydroxylation sites is 1. The fourth-order valence-corrected chi connectivity index (χ4v) is 4.97. The van der Waals surface area contributed by atoms with Gasteiger partial charge in [0.05, 0.1) is 5.52 Å². The first-order chi connectivity index (χ1) is 17.3. The first-order valence-electron chi connectivity index (χ1n) is 11.5. The molecule has 0 saturated carbocycles. The molecule has 1 aromatic heterocycles. The van der Waals surface area contributed by atoms with E-state index in [1.807, 2.05) is 24.3 Å². The van der Waals surface area contributed by atoms with Crippen LogP contribution in [-0.4, -0.2) is 63.1 Å². The van der Waals surface area contributed by atoms with Crippen LogP contribution in [0.1, 0.15) is 24.0 Å². The first kappa shape index (κ1) is 23.7.